The quantitative estimate of drug-likeness (QED) is 0.695. The van der Waals surface area contributed by atoms with Gasteiger partial charge < -0.3 is 5.32 Å². The molecule has 1 unspecified atom stereocenters. The average Bonchev–Trinajstić information content (AvgIpc) is 2.51. The van der Waals surface area contributed by atoms with Gasteiger partial charge in [-0.2, -0.15) is 0 Å². The van der Waals surface area contributed by atoms with Crippen molar-refractivity contribution < 1.29 is 8.78 Å². The number of nitrogens with one attached hydrogen (secondary N) is 1. The van der Waals surface area contributed by atoms with Gasteiger partial charge in [-0.05, 0) is 32.2 Å². The molecule has 1 aliphatic rings. The average molecular weight is 177 g/mol. The van der Waals surface area contributed by atoms with Crippen LogP contribution in [0.1, 0.15) is 32.6 Å². The fourth-order valence-electron chi connectivity index (χ4n) is 1.66. The van der Waals surface area contributed by atoms with Crippen LogP contribution in [-0.4, -0.2) is 19.0 Å². The van der Waals surface area contributed by atoms with Gasteiger partial charge in [-0.3, -0.25) is 0 Å². The van der Waals surface area contributed by atoms with E-state index in [1.807, 2.05) is 0 Å². The Bertz CT molecular complexity index is 120. The zero-order valence-electron chi connectivity index (χ0n) is 7.52. The van der Waals surface area contributed by atoms with Crippen LogP contribution >= 0.6 is 0 Å². The van der Waals surface area contributed by atoms with Gasteiger partial charge in [0.1, 0.15) is 0 Å². The van der Waals surface area contributed by atoms with E-state index in [4.69, 9.17) is 0 Å². The topological polar surface area (TPSA) is 12.0 Å². The molecule has 0 bridgehead atoms. The van der Waals surface area contributed by atoms with Gasteiger partial charge in [0.25, 0.3) is 6.43 Å². The largest absolute Gasteiger partial charge is 0.309 e. The van der Waals surface area contributed by atoms with Crippen LogP contribution in [0.3, 0.4) is 0 Å². The zero-order valence-corrected chi connectivity index (χ0v) is 7.52. The second kappa shape index (κ2) is 4.75. The number of hydrogen-bond acceptors (Lipinski definition) is 1. The molecule has 1 rings (SSSR count). The van der Waals surface area contributed by atoms with E-state index in [1.165, 1.54) is 25.7 Å². The molecule has 0 aromatic carbocycles. The Morgan fingerprint density at radius 3 is 2.42 bits per heavy atom. The van der Waals surface area contributed by atoms with E-state index >= 15 is 0 Å². The van der Waals surface area contributed by atoms with Crippen molar-refractivity contribution in [2.24, 2.45) is 5.92 Å². The van der Waals surface area contributed by atoms with Crippen molar-refractivity contribution in [2.75, 3.05) is 6.54 Å². The third-order valence-corrected chi connectivity index (χ3v) is 2.58. The monoisotopic (exact) mass is 177 g/mol. The van der Waals surface area contributed by atoms with Crippen LogP contribution in [-0.2, 0) is 0 Å². The van der Waals surface area contributed by atoms with Gasteiger partial charge in [0.2, 0.25) is 0 Å². The lowest BCUT2D eigenvalue weighted by Gasteiger charge is -2.15. The molecular formula is C9H17F2N. The van der Waals surface area contributed by atoms with Gasteiger partial charge in [-0.1, -0.05) is 12.8 Å². The van der Waals surface area contributed by atoms with Crippen LogP contribution in [0.15, 0.2) is 0 Å². The molecule has 0 aromatic heterocycles. The maximum atomic E-state index is 12.0. The highest BCUT2D eigenvalue weighted by atomic mass is 19.3. The summed E-state index contributed by atoms with van der Waals surface area (Å²) in [4.78, 5) is 0. The molecule has 1 fully saturated rings. The predicted octanol–water partition coefficient (Wildman–Crippen LogP) is 2.42. The highest BCUT2D eigenvalue weighted by Crippen LogP contribution is 2.23. The summed E-state index contributed by atoms with van der Waals surface area (Å²) >= 11 is 0. The molecule has 0 saturated heterocycles. The van der Waals surface area contributed by atoms with Gasteiger partial charge in [0.05, 0.1) is 6.04 Å². The second-order valence-corrected chi connectivity index (χ2v) is 3.68. The molecule has 1 nitrogen and oxygen atoms in total. The Balaban J connectivity index is 2.07. The van der Waals surface area contributed by atoms with Crippen molar-refractivity contribution in [3.8, 4) is 0 Å². The summed E-state index contributed by atoms with van der Waals surface area (Å²) in [5, 5.41) is 2.87. The first-order valence-electron chi connectivity index (χ1n) is 4.71. The SMILES string of the molecule is CC(NCC1CCCC1)C(F)F. The van der Waals surface area contributed by atoms with Gasteiger partial charge >= 0.3 is 0 Å². The lowest BCUT2D eigenvalue weighted by atomic mass is 10.1. The van der Waals surface area contributed by atoms with Crippen molar-refractivity contribution >= 4 is 0 Å². The summed E-state index contributed by atoms with van der Waals surface area (Å²) in [5.74, 6) is 0.645. The Kier molecular flexibility index (Phi) is 3.92. The Labute approximate surface area is 72.5 Å². The molecule has 0 radical (unpaired) electrons. The van der Waals surface area contributed by atoms with Crippen molar-refractivity contribution in [3.63, 3.8) is 0 Å². The molecular weight excluding hydrogens is 160 g/mol. The number of halogens is 2. The smallest absolute Gasteiger partial charge is 0.253 e. The maximum absolute atomic E-state index is 12.0. The Morgan fingerprint density at radius 1 is 1.33 bits per heavy atom. The summed E-state index contributed by atoms with van der Waals surface area (Å²) in [6, 6.07) is -0.648. The summed E-state index contributed by atoms with van der Waals surface area (Å²) in [7, 11) is 0. The van der Waals surface area contributed by atoms with Crippen LogP contribution in [0.25, 0.3) is 0 Å². The van der Waals surface area contributed by atoms with Crippen molar-refractivity contribution in [1.82, 2.24) is 5.32 Å². The van der Waals surface area contributed by atoms with Crippen molar-refractivity contribution in [1.29, 1.82) is 0 Å². The molecule has 0 spiro atoms. The van der Waals surface area contributed by atoms with Crippen LogP contribution in [0.4, 0.5) is 8.78 Å². The minimum absolute atomic E-state index is 0.645. The summed E-state index contributed by atoms with van der Waals surface area (Å²) in [6.07, 6.45) is 2.74. The minimum atomic E-state index is -2.23. The van der Waals surface area contributed by atoms with Crippen LogP contribution < -0.4 is 5.32 Å². The van der Waals surface area contributed by atoms with Gasteiger partial charge in [0.15, 0.2) is 0 Å². The van der Waals surface area contributed by atoms with E-state index in [1.54, 1.807) is 6.92 Å². The maximum Gasteiger partial charge on any atom is 0.253 e. The van der Waals surface area contributed by atoms with Crippen LogP contribution in [0.5, 0.6) is 0 Å². The minimum Gasteiger partial charge on any atom is -0.309 e. The number of rotatable bonds is 4. The third-order valence-electron chi connectivity index (χ3n) is 2.58. The Hall–Kier alpha value is -0.180. The number of alkyl halides is 2. The van der Waals surface area contributed by atoms with Crippen LogP contribution in [0.2, 0.25) is 0 Å². The fourth-order valence-corrected chi connectivity index (χ4v) is 1.66. The summed E-state index contributed by atoms with van der Waals surface area (Å²) in [6.45, 7) is 2.31. The van der Waals surface area contributed by atoms with Gasteiger partial charge in [-0.25, -0.2) is 8.78 Å². The van der Waals surface area contributed by atoms with E-state index in [-0.39, 0.29) is 0 Å². The van der Waals surface area contributed by atoms with Crippen molar-refractivity contribution in [2.45, 2.75) is 45.1 Å². The van der Waals surface area contributed by atoms with E-state index < -0.39 is 12.5 Å². The summed E-state index contributed by atoms with van der Waals surface area (Å²) < 4.78 is 24.1. The molecule has 0 amide bonds. The van der Waals surface area contributed by atoms with E-state index in [2.05, 4.69) is 5.32 Å². The van der Waals surface area contributed by atoms with E-state index in [0.29, 0.717) is 5.92 Å². The normalized spacial score (nSPS) is 22.0. The molecule has 1 atom stereocenters. The van der Waals surface area contributed by atoms with Crippen LogP contribution in [0, 0.1) is 5.92 Å². The molecule has 3 heteroatoms. The first-order valence-corrected chi connectivity index (χ1v) is 4.71. The first kappa shape index (κ1) is 9.90. The Morgan fingerprint density at radius 2 is 1.92 bits per heavy atom. The molecule has 72 valence electrons. The second-order valence-electron chi connectivity index (χ2n) is 3.68. The van der Waals surface area contributed by atoms with E-state index in [9.17, 15) is 8.78 Å². The third kappa shape index (κ3) is 3.05. The first-order chi connectivity index (χ1) is 5.70. The molecule has 0 aliphatic heterocycles. The molecule has 1 N–H and O–H groups in total. The molecule has 0 heterocycles. The van der Waals surface area contributed by atoms with Crippen molar-refractivity contribution in [3.05, 3.63) is 0 Å². The summed E-state index contributed by atoms with van der Waals surface area (Å²) in [5.41, 5.74) is 0. The molecule has 1 aliphatic carbocycles. The molecule has 0 aromatic rings. The fraction of sp³-hybridized carbons (Fsp3) is 1.00. The lowest BCUT2D eigenvalue weighted by molar-refractivity contribution is 0.104. The predicted molar refractivity (Wildman–Crippen MR) is 45.4 cm³/mol. The molecule has 12 heavy (non-hydrogen) atoms. The van der Waals surface area contributed by atoms with Gasteiger partial charge in [0, 0.05) is 0 Å². The highest BCUT2D eigenvalue weighted by Gasteiger charge is 2.18. The van der Waals surface area contributed by atoms with Gasteiger partial charge in [-0.15, -0.1) is 0 Å². The standard InChI is InChI=1S/C9H17F2N/c1-7(9(10)11)12-6-8-4-2-3-5-8/h7-9,12H,2-6H2,1H3. The molecule has 1 saturated carbocycles. The lowest BCUT2D eigenvalue weighted by Crippen LogP contribution is -2.35. The number of hydrogen-bond donors (Lipinski definition) is 1. The highest BCUT2D eigenvalue weighted by molar-refractivity contribution is 4.72. The van der Waals surface area contributed by atoms with E-state index in [0.717, 1.165) is 6.54 Å². The zero-order chi connectivity index (χ0) is 8.97.